The number of nitrogens with zero attached hydrogens (tertiary/aromatic N) is 3. The molecule has 0 aliphatic heterocycles. The first-order chi connectivity index (χ1) is 9.72. The second-order valence-electron chi connectivity index (χ2n) is 4.28. The zero-order valence-electron chi connectivity index (χ0n) is 11.5. The lowest BCUT2D eigenvalue weighted by Crippen LogP contribution is -2.15. The first-order valence-corrected chi connectivity index (χ1v) is 9.11. The van der Waals surface area contributed by atoms with Crippen LogP contribution in [0.3, 0.4) is 0 Å². The number of hydrogen-bond donors (Lipinski definition) is 1. The maximum Gasteiger partial charge on any atom is 0.275 e. The van der Waals surface area contributed by atoms with Gasteiger partial charge in [0.05, 0.1) is 11.4 Å². The maximum atomic E-state index is 12.1. The lowest BCUT2D eigenvalue weighted by Gasteiger charge is -2.00. The third kappa shape index (κ3) is 3.42. The number of rotatable bonds is 4. The van der Waals surface area contributed by atoms with Crippen molar-refractivity contribution in [3.05, 3.63) is 23.1 Å². The number of carbonyl (C=O) groups excluding carboxylic acids is 1. The van der Waals surface area contributed by atoms with E-state index in [0.717, 1.165) is 17.0 Å². The fraction of sp³-hybridized carbons (Fsp3) is 0.364. The van der Waals surface area contributed by atoms with Crippen LogP contribution in [-0.2, 0) is 22.5 Å². The van der Waals surface area contributed by atoms with Crippen LogP contribution in [0.25, 0.3) is 0 Å². The quantitative estimate of drug-likeness (QED) is 0.852. The van der Waals surface area contributed by atoms with Gasteiger partial charge in [-0.15, -0.1) is 0 Å². The number of amides is 1. The van der Waals surface area contributed by atoms with E-state index in [4.69, 9.17) is 10.7 Å². The molecule has 1 amide bonds. The van der Waals surface area contributed by atoms with E-state index in [2.05, 4.69) is 15.4 Å². The highest BCUT2D eigenvalue weighted by atomic mass is 35.7. The molecule has 2 aromatic rings. The second kappa shape index (κ2) is 5.74. The first-order valence-electron chi connectivity index (χ1n) is 5.98. The molecule has 0 aliphatic carbocycles. The van der Waals surface area contributed by atoms with E-state index in [9.17, 15) is 13.2 Å². The maximum absolute atomic E-state index is 12.1. The summed E-state index contributed by atoms with van der Waals surface area (Å²) in [5.41, 5.74) is 1.42. The van der Waals surface area contributed by atoms with Crippen molar-refractivity contribution in [3.63, 3.8) is 0 Å². The third-order valence-corrected chi connectivity index (χ3v) is 5.97. The molecule has 0 saturated heterocycles. The summed E-state index contributed by atoms with van der Waals surface area (Å²) in [6.07, 6.45) is 0.714. The highest BCUT2D eigenvalue weighted by molar-refractivity contribution is 8.15. The van der Waals surface area contributed by atoms with Crippen molar-refractivity contribution in [3.8, 4) is 0 Å². The number of aryl methyl sites for hydroxylation is 3. The Labute approximate surface area is 130 Å². The molecule has 0 spiro atoms. The van der Waals surface area contributed by atoms with E-state index in [0.29, 0.717) is 12.1 Å². The number of thiazole rings is 1. The summed E-state index contributed by atoms with van der Waals surface area (Å²) < 4.78 is 24.1. The Kier molecular flexibility index (Phi) is 4.35. The summed E-state index contributed by atoms with van der Waals surface area (Å²) in [5.74, 6) is -0.406. The molecular weight excluding hydrogens is 336 g/mol. The fourth-order valence-electron chi connectivity index (χ4n) is 1.74. The van der Waals surface area contributed by atoms with Gasteiger partial charge in [0.25, 0.3) is 15.0 Å². The Bertz CT molecular complexity index is 794. The van der Waals surface area contributed by atoms with Gasteiger partial charge in [-0.25, -0.2) is 13.4 Å². The van der Waals surface area contributed by atoms with Crippen molar-refractivity contribution in [2.45, 2.75) is 24.5 Å². The van der Waals surface area contributed by atoms with Gasteiger partial charge in [-0.05, 0) is 19.4 Å². The Morgan fingerprint density at radius 2 is 2.19 bits per heavy atom. The molecule has 0 unspecified atom stereocenters. The van der Waals surface area contributed by atoms with E-state index >= 15 is 0 Å². The summed E-state index contributed by atoms with van der Waals surface area (Å²) >= 11 is 0.815. The molecule has 0 radical (unpaired) electrons. The van der Waals surface area contributed by atoms with Gasteiger partial charge in [0.15, 0.2) is 9.34 Å². The lowest BCUT2D eigenvalue weighted by atomic mass is 10.3. The molecule has 2 rings (SSSR count). The van der Waals surface area contributed by atoms with Gasteiger partial charge in [-0.2, -0.15) is 5.10 Å². The second-order valence-corrected chi connectivity index (χ2v) is 8.04. The smallest absolute Gasteiger partial charge is 0.275 e. The van der Waals surface area contributed by atoms with Crippen molar-refractivity contribution in [2.75, 3.05) is 5.32 Å². The van der Waals surface area contributed by atoms with Crippen LogP contribution in [0.5, 0.6) is 0 Å². The molecular formula is C11H13ClN4O3S2. The zero-order valence-corrected chi connectivity index (χ0v) is 13.9. The SMILES string of the molecule is CCc1cc(C(=O)Nc2nc(C)c(S(=O)(=O)Cl)s2)n(C)n1. The molecule has 0 aliphatic rings. The van der Waals surface area contributed by atoms with Gasteiger partial charge < -0.3 is 0 Å². The van der Waals surface area contributed by atoms with Crippen molar-refractivity contribution >= 4 is 42.1 Å². The molecule has 0 bridgehead atoms. The number of halogens is 1. The van der Waals surface area contributed by atoms with Crippen LogP contribution in [0.15, 0.2) is 10.3 Å². The van der Waals surface area contributed by atoms with E-state index in [1.807, 2.05) is 6.92 Å². The normalized spacial score (nSPS) is 11.6. The molecule has 2 heterocycles. The molecule has 21 heavy (non-hydrogen) atoms. The van der Waals surface area contributed by atoms with Crippen LogP contribution in [0.4, 0.5) is 5.13 Å². The van der Waals surface area contributed by atoms with E-state index in [-0.39, 0.29) is 15.0 Å². The number of hydrogen-bond acceptors (Lipinski definition) is 6. The topological polar surface area (TPSA) is 94.0 Å². The van der Waals surface area contributed by atoms with Crippen molar-refractivity contribution in [1.29, 1.82) is 0 Å². The van der Waals surface area contributed by atoms with E-state index in [1.54, 1.807) is 13.1 Å². The van der Waals surface area contributed by atoms with Crippen LogP contribution in [-0.4, -0.2) is 29.1 Å². The van der Waals surface area contributed by atoms with Gasteiger partial charge >= 0.3 is 0 Å². The Morgan fingerprint density at radius 3 is 2.67 bits per heavy atom. The first kappa shape index (κ1) is 15.9. The number of carbonyl (C=O) groups is 1. The van der Waals surface area contributed by atoms with Crippen molar-refractivity contribution in [1.82, 2.24) is 14.8 Å². The Balaban J connectivity index is 2.26. The summed E-state index contributed by atoms with van der Waals surface area (Å²) in [7, 11) is 3.09. The van der Waals surface area contributed by atoms with Gasteiger partial charge in [0.1, 0.15) is 5.69 Å². The minimum Gasteiger partial charge on any atom is -0.296 e. The number of nitrogens with one attached hydrogen (secondary N) is 1. The predicted octanol–water partition coefficient (Wildman–Crippen LogP) is 1.93. The molecule has 114 valence electrons. The third-order valence-electron chi connectivity index (χ3n) is 2.72. The van der Waals surface area contributed by atoms with Crippen molar-refractivity contribution < 1.29 is 13.2 Å². The zero-order chi connectivity index (χ0) is 15.8. The van der Waals surface area contributed by atoms with Crippen LogP contribution >= 0.6 is 22.0 Å². The predicted molar refractivity (Wildman–Crippen MR) is 80.4 cm³/mol. The highest BCUT2D eigenvalue weighted by Crippen LogP contribution is 2.29. The largest absolute Gasteiger partial charge is 0.296 e. The monoisotopic (exact) mass is 348 g/mol. The fourth-order valence-corrected chi connectivity index (χ4v) is 4.08. The molecule has 1 N–H and O–H groups in total. The van der Waals surface area contributed by atoms with E-state index in [1.165, 1.54) is 11.6 Å². The minimum atomic E-state index is -3.86. The minimum absolute atomic E-state index is 0.0706. The molecule has 0 fully saturated rings. The van der Waals surface area contributed by atoms with Gasteiger partial charge in [0.2, 0.25) is 0 Å². The summed E-state index contributed by atoms with van der Waals surface area (Å²) in [6.45, 7) is 3.45. The lowest BCUT2D eigenvalue weighted by molar-refractivity contribution is 0.101. The summed E-state index contributed by atoms with van der Waals surface area (Å²) in [6, 6.07) is 1.68. The van der Waals surface area contributed by atoms with Gasteiger partial charge in [0, 0.05) is 17.7 Å². The molecule has 10 heteroatoms. The Morgan fingerprint density at radius 1 is 1.52 bits per heavy atom. The van der Waals surface area contributed by atoms with Crippen molar-refractivity contribution in [2.24, 2.45) is 7.05 Å². The summed E-state index contributed by atoms with van der Waals surface area (Å²) in [4.78, 5) is 16.1. The molecule has 0 saturated carbocycles. The average molecular weight is 349 g/mol. The van der Waals surface area contributed by atoms with Gasteiger partial charge in [-0.1, -0.05) is 18.3 Å². The van der Waals surface area contributed by atoms with E-state index < -0.39 is 15.0 Å². The molecule has 2 aromatic heterocycles. The van der Waals surface area contributed by atoms with Crippen LogP contribution in [0.2, 0.25) is 0 Å². The number of aromatic nitrogens is 3. The van der Waals surface area contributed by atoms with Crippen LogP contribution in [0.1, 0.15) is 28.8 Å². The average Bonchev–Trinajstić information content (AvgIpc) is 2.91. The number of anilines is 1. The molecule has 0 atom stereocenters. The molecule has 7 nitrogen and oxygen atoms in total. The Hall–Kier alpha value is -1.45. The van der Waals surface area contributed by atoms with Gasteiger partial charge in [-0.3, -0.25) is 14.8 Å². The van der Waals surface area contributed by atoms with Crippen LogP contribution in [0, 0.1) is 6.92 Å². The highest BCUT2D eigenvalue weighted by Gasteiger charge is 2.21. The standard InChI is InChI=1S/C11H13ClN4O3S2/c1-4-7-5-8(16(3)15-7)9(17)14-11-13-6(2)10(20-11)21(12,18)19/h5H,4H2,1-3H3,(H,13,14,17). The van der Waals surface area contributed by atoms with Crippen LogP contribution < -0.4 is 5.32 Å². The molecule has 0 aromatic carbocycles. The summed E-state index contributed by atoms with van der Waals surface area (Å²) in [5, 5.41) is 6.91.